The molecule has 3 rings (SSSR count). The van der Waals surface area contributed by atoms with Crippen LogP contribution in [0.4, 0.5) is 0 Å². The van der Waals surface area contributed by atoms with Gasteiger partial charge in [0.05, 0.1) is 19.8 Å². The Balaban J connectivity index is 1.79. The van der Waals surface area contributed by atoms with E-state index in [0.717, 1.165) is 96.3 Å². The number of rotatable bonds is 9. The summed E-state index contributed by atoms with van der Waals surface area (Å²) >= 11 is 0. The second-order valence-corrected chi connectivity index (χ2v) is 17.0. The number of hydrogen-bond acceptors (Lipinski definition) is 7. The van der Waals surface area contributed by atoms with Gasteiger partial charge in [0, 0.05) is 17.8 Å². The molecule has 284 valence electrons. The fraction of sp³-hybridized carbons (Fsp3) is 0.786. The lowest BCUT2D eigenvalue weighted by atomic mass is 9.90. The zero-order chi connectivity index (χ0) is 36.0. The number of phosphoric acid groups is 1. The third-order valence-electron chi connectivity index (χ3n) is 11.1. The lowest BCUT2D eigenvalue weighted by Gasteiger charge is -2.26. The molecule has 3 aliphatic carbocycles. The molecule has 3 fully saturated rings. The first-order valence-corrected chi connectivity index (χ1v) is 21.9. The quantitative estimate of drug-likeness (QED) is 0.173. The van der Waals surface area contributed by atoms with Crippen LogP contribution < -0.4 is 0 Å². The smallest absolute Gasteiger partial charge is 0.294 e. The molecule has 0 aliphatic heterocycles. The SMILES string of the molecule is C=C1CCCCCCCCCC(COP(=O)(OCC2CCCCCCCCCC(=C)C2=O)OCC2CCCCCCCCCC(=C)C2=O)C1=O. The lowest BCUT2D eigenvalue weighted by Crippen LogP contribution is -2.26. The highest BCUT2D eigenvalue weighted by atomic mass is 31.2. The molecule has 3 aliphatic rings. The van der Waals surface area contributed by atoms with Crippen LogP contribution in [0.5, 0.6) is 0 Å². The van der Waals surface area contributed by atoms with E-state index in [1.165, 1.54) is 38.5 Å². The number of phosphoric ester groups is 1. The van der Waals surface area contributed by atoms with Crippen LogP contribution in [0.1, 0.15) is 173 Å². The van der Waals surface area contributed by atoms with Crippen molar-refractivity contribution in [2.45, 2.75) is 173 Å². The maximum absolute atomic E-state index is 14.6. The van der Waals surface area contributed by atoms with Crippen LogP contribution in [0.25, 0.3) is 0 Å². The molecule has 0 spiro atoms. The van der Waals surface area contributed by atoms with Crippen molar-refractivity contribution in [1.29, 1.82) is 0 Å². The van der Waals surface area contributed by atoms with Crippen molar-refractivity contribution in [1.82, 2.24) is 0 Å². The van der Waals surface area contributed by atoms with Crippen molar-refractivity contribution in [3.05, 3.63) is 36.5 Å². The molecule has 0 bridgehead atoms. The zero-order valence-electron chi connectivity index (χ0n) is 31.4. The highest BCUT2D eigenvalue weighted by molar-refractivity contribution is 7.48. The van der Waals surface area contributed by atoms with Gasteiger partial charge in [-0.05, 0) is 74.5 Å². The summed E-state index contributed by atoms with van der Waals surface area (Å²) in [6.07, 6.45) is 26.1. The van der Waals surface area contributed by atoms with Crippen LogP contribution in [0, 0.1) is 17.8 Å². The van der Waals surface area contributed by atoms with Crippen LogP contribution in [0.3, 0.4) is 0 Å². The van der Waals surface area contributed by atoms with Gasteiger partial charge in [-0.1, -0.05) is 135 Å². The van der Waals surface area contributed by atoms with Crippen LogP contribution in [-0.4, -0.2) is 37.2 Å². The summed E-state index contributed by atoms with van der Waals surface area (Å²) in [4.78, 5) is 40.7. The summed E-state index contributed by atoms with van der Waals surface area (Å²) in [6.45, 7) is 11.9. The summed E-state index contributed by atoms with van der Waals surface area (Å²) < 4.78 is 32.8. The van der Waals surface area contributed by atoms with Gasteiger partial charge in [-0.2, -0.15) is 0 Å². The van der Waals surface area contributed by atoms with E-state index in [1.54, 1.807) is 0 Å². The molecule has 0 saturated heterocycles. The van der Waals surface area contributed by atoms with Crippen molar-refractivity contribution in [2.75, 3.05) is 19.8 Å². The number of Topliss-reactive ketones (excluding diaryl/α,β-unsaturated/α-hetero) is 3. The molecule has 0 amide bonds. The average molecular weight is 717 g/mol. The molecule has 0 aromatic carbocycles. The predicted octanol–water partition coefficient (Wildman–Crippen LogP) is 11.9. The molecule has 0 heterocycles. The number of ketones is 3. The molecule has 3 atom stereocenters. The Morgan fingerprint density at radius 1 is 0.400 bits per heavy atom. The van der Waals surface area contributed by atoms with Crippen LogP contribution in [-0.2, 0) is 32.5 Å². The Hall–Kier alpha value is -1.66. The maximum atomic E-state index is 14.6. The Morgan fingerprint density at radius 3 is 0.880 bits per heavy atom. The second-order valence-electron chi connectivity index (χ2n) is 15.4. The summed E-state index contributed by atoms with van der Waals surface area (Å²) in [5, 5.41) is 0. The van der Waals surface area contributed by atoms with Gasteiger partial charge in [0.15, 0.2) is 17.3 Å². The van der Waals surface area contributed by atoms with Crippen molar-refractivity contribution in [3.63, 3.8) is 0 Å². The normalized spacial score (nSPS) is 27.4. The molecule has 0 radical (unpaired) electrons. The van der Waals surface area contributed by atoms with E-state index in [0.29, 0.717) is 55.2 Å². The maximum Gasteiger partial charge on any atom is 0.474 e. The van der Waals surface area contributed by atoms with Crippen LogP contribution in [0.15, 0.2) is 36.5 Å². The minimum atomic E-state index is -4.28. The van der Waals surface area contributed by atoms with Gasteiger partial charge in [0.1, 0.15) is 0 Å². The lowest BCUT2D eigenvalue weighted by molar-refractivity contribution is -0.120. The first-order valence-electron chi connectivity index (χ1n) is 20.4. The molecule has 8 heteroatoms. The van der Waals surface area contributed by atoms with Crippen molar-refractivity contribution >= 4 is 25.2 Å². The Labute approximate surface area is 304 Å². The summed E-state index contributed by atoms with van der Waals surface area (Å²) in [7, 11) is -4.28. The van der Waals surface area contributed by atoms with Gasteiger partial charge in [0.2, 0.25) is 0 Å². The average Bonchev–Trinajstić information content (AvgIpc) is 3.10. The van der Waals surface area contributed by atoms with Gasteiger partial charge in [-0.3, -0.25) is 28.0 Å². The van der Waals surface area contributed by atoms with E-state index < -0.39 is 25.6 Å². The van der Waals surface area contributed by atoms with Gasteiger partial charge in [0.25, 0.3) is 0 Å². The number of carbonyl (C=O) groups excluding carboxylic acids is 3. The van der Waals surface area contributed by atoms with Crippen LogP contribution in [0.2, 0.25) is 0 Å². The van der Waals surface area contributed by atoms with Gasteiger partial charge in [-0.25, -0.2) is 4.57 Å². The molecule has 7 nitrogen and oxygen atoms in total. The van der Waals surface area contributed by atoms with E-state index in [1.807, 2.05) is 0 Å². The number of carbonyl (C=O) groups is 3. The first-order chi connectivity index (χ1) is 24.2. The standard InChI is InChI=1S/C42H69O7P/c1-34-25-19-13-7-4-10-16-22-28-37(40(34)43)31-47-50(46,48-32-38-29-23-17-11-5-8-14-20-26-35(2)41(38)44)49-33-39-30-24-18-12-6-9-15-21-27-36(3)42(39)45/h37-39H,1-33H2. The fourth-order valence-electron chi connectivity index (χ4n) is 7.60. The molecule has 0 aromatic heterocycles. The molecule has 0 N–H and O–H groups in total. The van der Waals surface area contributed by atoms with Gasteiger partial charge in [-0.15, -0.1) is 0 Å². The zero-order valence-corrected chi connectivity index (χ0v) is 32.3. The first kappa shape index (κ1) is 42.8. The molecule has 3 saturated carbocycles. The van der Waals surface area contributed by atoms with E-state index in [4.69, 9.17) is 13.6 Å². The minimum absolute atomic E-state index is 0.0475. The molecule has 50 heavy (non-hydrogen) atoms. The highest BCUT2D eigenvalue weighted by Gasteiger charge is 2.35. The van der Waals surface area contributed by atoms with Crippen molar-refractivity contribution in [2.24, 2.45) is 17.8 Å². The summed E-state index contributed by atoms with van der Waals surface area (Å²) in [5.41, 5.74) is 1.77. The summed E-state index contributed by atoms with van der Waals surface area (Å²) in [6, 6.07) is 0. The number of hydrogen-bond donors (Lipinski definition) is 0. The third kappa shape index (κ3) is 16.3. The fourth-order valence-corrected chi connectivity index (χ4v) is 8.91. The Morgan fingerprint density at radius 2 is 0.620 bits per heavy atom. The number of allylic oxidation sites excluding steroid dienone is 3. The van der Waals surface area contributed by atoms with E-state index in [-0.39, 0.29) is 37.2 Å². The molecular formula is C42H69O7P. The van der Waals surface area contributed by atoms with Crippen LogP contribution >= 0.6 is 7.82 Å². The summed E-state index contributed by atoms with van der Waals surface area (Å²) in [5.74, 6) is -1.66. The minimum Gasteiger partial charge on any atom is -0.294 e. The predicted molar refractivity (Wildman–Crippen MR) is 203 cm³/mol. The van der Waals surface area contributed by atoms with Crippen molar-refractivity contribution in [3.8, 4) is 0 Å². The Bertz CT molecular complexity index is 1010. The second kappa shape index (κ2) is 24.6. The molecule has 3 unspecified atom stereocenters. The van der Waals surface area contributed by atoms with E-state index >= 15 is 0 Å². The third-order valence-corrected chi connectivity index (χ3v) is 12.4. The Kier molecular flexibility index (Phi) is 21.0. The van der Waals surface area contributed by atoms with E-state index in [2.05, 4.69) is 19.7 Å². The highest BCUT2D eigenvalue weighted by Crippen LogP contribution is 2.51. The molecule has 0 aromatic rings. The van der Waals surface area contributed by atoms with Gasteiger partial charge < -0.3 is 0 Å². The van der Waals surface area contributed by atoms with Crippen molar-refractivity contribution < 1.29 is 32.5 Å². The van der Waals surface area contributed by atoms with Gasteiger partial charge >= 0.3 is 7.82 Å². The largest absolute Gasteiger partial charge is 0.474 e. The van der Waals surface area contributed by atoms with E-state index in [9.17, 15) is 18.9 Å². The topological polar surface area (TPSA) is 96.0 Å². The monoisotopic (exact) mass is 716 g/mol. The molecular weight excluding hydrogens is 647 g/mol.